The molecule has 29 heavy (non-hydrogen) atoms. The van der Waals surface area contributed by atoms with Crippen molar-refractivity contribution in [2.24, 2.45) is 0 Å². The Bertz CT molecular complexity index is 1240. The third-order valence-corrected chi connectivity index (χ3v) is 4.77. The molecule has 0 spiro atoms. The van der Waals surface area contributed by atoms with Crippen LogP contribution < -0.4 is 10.9 Å². The van der Waals surface area contributed by atoms with E-state index in [-0.39, 0.29) is 11.5 Å². The van der Waals surface area contributed by atoms with Gasteiger partial charge in [-0.25, -0.2) is 0 Å². The largest absolute Gasteiger partial charge is 0.383 e. The van der Waals surface area contributed by atoms with Crippen LogP contribution in [0.5, 0.6) is 0 Å². The summed E-state index contributed by atoms with van der Waals surface area (Å²) in [5.41, 5.74) is 3.67. The molecule has 0 aliphatic rings. The normalized spacial score (nSPS) is 11.1. The number of aromatic amines is 1. The summed E-state index contributed by atoms with van der Waals surface area (Å²) in [6.45, 7) is 5.32. The second-order valence-corrected chi connectivity index (χ2v) is 7.09. The number of nitriles is 1. The topological polar surface area (TPSA) is 104 Å². The number of para-hydroxylation sites is 1. The number of H-pyrrole nitrogens is 1. The Labute approximate surface area is 167 Å². The van der Waals surface area contributed by atoms with Gasteiger partial charge in [-0.1, -0.05) is 32.0 Å². The molecule has 0 saturated heterocycles. The summed E-state index contributed by atoms with van der Waals surface area (Å²) in [5.74, 6) is -0.0176. The molecule has 0 saturated carbocycles. The van der Waals surface area contributed by atoms with Crippen LogP contribution in [0.4, 0.5) is 5.69 Å². The first-order valence-corrected chi connectivity index (χ1v) is 9.44. The highest BCUT2D eigenvalue weighted by Gasteiger charge is 2.20. The van der Waals surface area contributed by atoms with E-state index in [1.807, 2.05) is 55.1 Å². The van der Waals surface area contributed by atoms with E-state index in [0.29, 0.717) is 29.0 Å². The molecule has 0 aliphatic carbocycles. The highest BCUT2D eigenvalue weighted by molar-refractivity contribution is 5.67. The number of anilines is 1. The third-order valence-electron chi connectivity index (χ3n) is 4.77. The Kier molecular flexibility index (Phi) is 4.87. The minimum atomic E-state index is -0.219. The molecule has 4 rings (SSSR count). The number of fused-ring (bicyclic) bond motifs is 1. The van der Waals surface area contributed by atoms with Crippen LogP contribution >= 0.6 is 0 Å². The molecular weight excluding hydrogens is 366 g/mol. The second kappa shape index (κ2) is 7.64. The van der Waals surface area contributed by atoms with E-state index in [1.54, 1.807) is 6.20 Å². The fourth-order valence-corrected chi connectivity index (χ4v) is 3.36. The van der Waals surface area contributed by atoms with Crippen LogP contribution in [0.3, 0.4) is 0 Å². The van der Waals surface area contributed by atoms with Gasteiger partial charge in [0.25, 0.3) is 5.56 Å². The van der Waals surface area contributed by atoms with Crippen LogP contribution in [0.1, 0.15) is 30.9 Å². The van der Waals surface area contributed by atoms with E-state index in [0.717, 1.165) is 17.8 Å². The maximum absolute atomic E-state index is 13.0. The van der Waals surface area contributed by atoms with E-state index in [4.69, 9.17) is 0 Å². The van der Waals surface area contributed by atoms with Gasteiger partial charge in [-0.05, 0) is 18.1 Å². The van der Waals surface area contributed by atoms with E-state index < -0.39 is 0 Å². The zero-order valence-electron chi connectivity index (χ0n) is 16.3. The Hall–Kier alpha value is -3.86. The molecule has 0 radical (unpaired) electrons. The first-order chi connectivity index (χ1) is 14.1. The fourth-order valence-electron chi connectivity index (χ4n) is 3.36. The molecular formula is C21H21N7O. The van der Waals surface area contributed by atoms with E-state index in [9.17, 15) is 10.1 Å². The van der Waals surface area contributed by atoms with Crippen LogP contribution in [0.25, 0.3) is 16.9 Å². The summed E-state index contributed by atoms with van der Waals surface area (Å²) in [6, 6.07) is 12.1. The number of nitrogens with one attached hydrogen (secondary N) is 2. The zero-order chi connectivity index (χ0) is 20.4. The van der Waals surface area contributed by atoms with Gasteiger partial charge in [0.2, 0.25) is 0 Å². The highest BCUT2D eigenvalue weighted by Crippen LogP contribution is 2.25. The number of hydrogen-bond acceptors (Lipinski definition) is 5. The molecule has 0 unspecified atom stereocenters. The molecule has 0 atom stereocenters. The van der Waals surface area contributed by atoms with Crippen molar-refractivity contribution in [2.45, 2.75) is 26.3 Å². The van der Waals surface area contributed by atoms with Gasteiger partial charge in [0.1, 0.15) is 11.6 Å². The van der Waals surface area contributed by atoms with Crippen molar-refractivity contribution in [2.75, 3.05) is 11.9 Å². The molecule has 2 N–H and O–H groups in total. The van der Waals surface area contributed by atoms with Gasteiger partial charge in [0.15, 0.2) is 5.65 Å². The SMILES string of the molecule is CC(C)c1c(-c2cnn(CCNc3ccccc3)c2)[nH]c2c(C#N)cnn2c1=O. The van der Waals surface area contributed by atoms with Crippen molar-refractivity contribution in [3.8, 4) is 17.3 Å². The van der Waals surface area contributed by atoms with E-state index >= 15 is 0 Å². The predicted molar refractivity (Wildman–Crippen MR) is 111 cm³/mol. The molecule has 8 heteroatoms. The van der Waals surface area contributed by atoms with Crippen molar-refractivity contribution in [3.63, 3.8) is 0 Å². The lowest BCUT2D eigenvalue weighted by Crippen LogP contribution is -2.22. The summed E-state index contributed by atoms with van der Waals surface area (Å²) in [7, 11) is 0. The summed E-state index contributed by atoms with van der Waals surface area (Å²) in [4.78, 5) is 16.2. The predicted octanol–water partition coefficient (Wildman–Crippen LogP) is 2.99. The van der Waals surface area contributed by atoms with Crippen molar-refractivity contribution in [3.05, 3.63) is 70.4 Å². The summed E-state index contributed by atoms with van der Waals surface area (Å²) in [6.07, 6.45) is 5.04. The van der Waals surface area contributed by atoms with Crippen LogP contribution in [-0.2, 0) is 6.54 Å². The van der Waals surface area contributed by atoms with Crippen LogP contribution in [0, 0.1) is 11.3 Å². The first kappa shape index (κ1) is 18.5. The first-order valence-electron chi connectivity index (χ1n) is 9.44. The average Bonchev–Trinajstić information content (AvgIpc) is 3.35. The molecule has 0 bridgehead atoms. The van der Waals surface area contributed by atoms with Gasteiger partial charge < -0.3 is 10.3 Å². The highest BCUT2D eigenvalue weighted by atomic mass is 16.1. The van der Waals surface area contributed by atoms with Gasteiger partial charge in [-0.3, -0.25) is 9.48 Å². The van der Waals surface area contributed by atoms with Crippen molar-refractivity contribution in [1.29, 1.82) is 5.26 Å². The molecule has 8 nitrogen and oxygen atoms in total. The Morgan fingerprint density at radius 3 is 2.72 bits per heavy atom. The molecule has 1 aromatic carbocycles. The van der Waals surface area contributed by atoms with Gasteiger partial charge in [-0.2, -0.15) is 20.0 Å². The van der Waals surface area contributed by atoms with E-state index in [1.165, 1.54) is 10.7 Å². The maximum Gasteiger partial charge on any atom is 0.278 e. The third kappa shape index (κ3) is 3.50. The lowest BCUT2D eigenvalue weighted by atomic mass is 10.00. The van der Waals surface area contributed by atoms with Crippen LogP contribution in [-0.4, -0.2) is 30.9 Å². The number of aromatic nitrogens is 5. The molecule has 146 valence electrons. The molecule has 0 amide bonds. The van der Waals surface area contributed by atoms with E-state index in [2.05, 4.69) is 26.6 Å². The number of hydrogen-bond donors (Lipinski definition) is 2. The number of nitrogens with zero attached hydrogens (tertiary/aromatic N) is 5. The maximum atomic E-state index is 13.0. The van der Waals surface area contributed by atoms with Crippen LogP contribution in [0.2, 0.25) is 0 Å². The lowest BCUT2D eigenvalue weighted by Gasteiger charge is -2.11. The van der Waals surface area contributed by atoms with Crippen molar-refractivity contribution in [1.82, 2.24) is 24.4 Å². The van der Waals surface area contributed by atoms with Gasteiger partial charge in [-0.15, -0.1) is 0 Å². The Morgan fingerprint density at radius 2 is 2.00 bits per heavy atom. The van der Waals surface area contributed by atoms with Gasteiger partial charge in [0.05, 0.1) is 24.6 Å². The molecule has 3 heterocycles. The smallest absolute Gasteiger partial charge is 0.278 e. The van der Waals surface area contributed by atoms with Gasteiger partial charge in [0, 0.05) is 29.6 Å². The number of benzene rings is 1. The second-order valence-electron chi connectivity index (χ2n) is 7.09. The standard InChI is InChI=1S/C21H21N7O/c1-14(2)18-19(26-20-15(10-22)11-25-28(20)21(18)29)16-12-24-27(13-16)9-8-23-17-6-4-3-5-7-17/h3-7,11-14,23,26H,8-9H2,1-2H3. The summed E-state index contributed by atoms with van der Waals surface area (Å²) >= 11 is 0. The molecule has 0 fully saturated rings. The quantitative estimate of drug-likeness (QED) is 0.529. The summed E-state index contributed by atoms with van der Waals surface area (Å²) < 4.78 is 3.09. The molecule has 4 aromatic rings. The Balaban J connectivity index is 1.65. The fraction of sp³-hybridized carbons (Fsp3) is 0.238. The van der Waals surface area contributed by atoms with Crippen molar-refractivity contribution < 1.29 is 0 Å². The van der Waals surface area contributed by atoms with Gasteiger partial charge >= 0.3 is 0 Å². The summed E-state index contributed by atoms with van der Waals surface area (Å²) in [5, 5.41) is 21.1. The molecule has 3 aromatic heterocycles. The number of rotatable bonds is 6. The average molecular weight is 387 g/mol. The van der Waals surface area contributed by atoms with Crippen molar-refractivity contribution >= 4 is 11.3 Å². The minimum absolute atomic E-state index is 0.0176. The molecule has 0 aliphatic heterocycles. The zero-order valence-corrected chi connectivity index (χ0v) is 16.3. The minimum Gasteiger partial charge on any atom is -0.383 e. The lowest BCUT2D eigenvalue weighted by molar-refractivity contribution is 0.638. The van der Waals surface area contributed by atoms with Crippen LogP contribution in [0.15, 0.2) is 53.7 Å². The monoisotopic (exact) mass is 387 g/mol. The Morgan fingerprint density at radius 1 is 1.21 bits per heavy atom.